The van der Waals surface area contributed by atoms with Crippen molar-refractivity contribution in [2.75, 3.05) is 37.6 Å². The summed E-state index contributed by atoms with van der Waals surface area (Å²) >= 11 is 6.35. The van der Waals surface area contributed by atoms with Gasteiger partial charge in [-0.3, -0.25) is 14.9 Å². The van der Waals surface area contributed by atoms with E-state index in [4.69, 9.17) is 11.6 Å². The Morgan fingerprint density at radius 3 is 2.60 bits per heavy atom. The highest BCUT2D eigenvalue weighted by Crippen LogP contribution is 2.28. The Morgan fingerprint density at radius 1 is 1.16 bits per heavy atom. The number of piperazine rings is 1. The zero-order valence-electron chi connectivity index (χ0n) is 14.4. The van der Waals surface area contributed by atoms with Crippen molar-refractivity contribution in [3.05, 3.63) is 15.6 Å². The van der Waals surface area contributed by atoms with Gasteiger partial charge in [0.2, 0.25) is 0 Å². The second kappa shape index (κ2) is 6.93. The van der Waals surface area contributed by atoms with Gasteiger partial charge in [-0.15, -0.1) is 0 Å². The largest absolute Gasteiger partial charge is 0.351 e. The molecule has 2 aromatic heterocycles. The van der Waals surface area contributed by atoms with Gasteiger partial charge < -0.3 is 10.2 Å². The normalized spacial score (nSPS) is 23.4. The topological polar surface area (TPSA) is 92.9 Å². The van der Waals surface area contributed by atoms with E-state index in [1.54, 1.807) is 0 Å². The number of rotatable bonds is 3. The van der Waals surface area contributed by atoms with Crippen LogP contribution in [0.15, 0.2) is 4.79 Å². The van der Waals surface area contributed by atoms with Crippen molar-refractivity contribution in [1.82, 2.24) is 30.2 Å². The highest BCUT2D eigenvalue weighted by Gasteiger charge is 2.33. The standard InChI is InChI=1S/C16H24ClN7O/c1-2-10-9-23(7-8-24(10)11-3-5-18-6-4-11)15-12(17)19-13-14(20-15)22-16(25)21-13/h10-11,18H,2-9H2,1H3,(H2,19,20,21,22,25)/t10-/m0/s1. The molecule has 2 aromatic rings. The fourth-order valence-electron chi connectivity index (χ4n) is 4.07. The fourth-order valence-corrected chi connectivity index (χ4v) is 4.32. The highest BCUT2D eigenvalue weighted by atomic mass is 35.5. The molecule has 0 bridgehead atoms. The van der Waals surface area contributed by atoms with E-state index in [-0.39, 0.29) is 5.69 Å². The van der Waals surface area contributed by atoms with E-state index in [0.717, 1.165) is 39.1 Å². The van der Waals surface area contributed by atoms with Crippen LogP contribution in [0.25, 0.3) is 11.3 Å². The van der Waals surface area contributed by atoms with Gasteiger partial charge in [-0.05, 0) is 32.4 Å². The summed E-state index contributed by atoms with van der Waals surface area (Å²) in [4.78, 5) is 30.4. The molecule has 0 amide bonds. The Bertz CT molecular complexity index is 797. The number of aromatic nitrogens is 4. The van der Waals surface area contributed by atoms with Crippen LogP contribution in [0.1, 0.15) is 26.2 Å². The second-order valence-electron chi connectivity index (χ2n) is 6.84. The summed E-state index contributed by atoms with van der Waals surface area (Å²) in [6.07, 6.45) is 3.52. The van der Waals surface area contributed by atoms with Crippen LogP contribution in [0.3, 0.4) is 0 Å². The first kappa shape index (κ1) is 16.8. The SMILES string of the molecule is CC[C@H]1CN(c2nc3[nH]c(=O)[nH]c3nc2Cl)CCN1C1CCNCC1. The number of nitrogens with zero attached hydrogens (tertiary/aromatic N) is 4. The number of imidazole rings is 1. The molecular formula is C16H24ClN7O. The maximum absolute atomic E-state index is 11.4. The van der Waals surface area contributed by atoms with E-state index in [2.05, 4.69) is 42.0 Å². The Labute approximate surface area is 151 Å². The molecular weight excluding hydrogens is 342 g/mol. The molecule has 2 fully saturated rings. The van der Waals surface area contributed by atoms with Crippen LogP contribution in [0, 0.1) is 0 Å². The van der Waals surface area contributed by atoms with Crippen LogP contribution >= 0.6 is 11.6 Å². The zero-order valence-corrected chi connectivity index (χ0v) is 15.1. The second-order valence-corrected chi connectivity index (χ2v) is 7.20. The van der Waals surface area contributed by atoms with Gasteiger partial charge in [0.15, 0.2) is 22.3 Å². The predicted molar refractivity (Wildman–Crippen MR) is 98.4 cm³/mol. The Morgan fingerprint density at radius 2 is 1.88 bits per heavy atom. The van der Waals surface area contributed by atoms with Crippen LogP contribution in [-0.2, 0) is 0 Å². The number of H-pyrrole nitrogens is 2. The summed E-state index contributed by atoms with van der Waals surface area (Å²) in [6, 6.07) is 1.15. The molecule has 9 heteroatoms. The molecule has 8 nitrogen and oxygen atoms in total. The molecule has 2 aliphatic heterocycles. The van der Waals surface area contributed by atoms with Gasteiger partial charge in [-0.25, -0.2) is 14.8 Å². The van der Waals surface area contributed by atoms with E-state index in [1.165, 1.54) is 12.8 Å². The van der Waals surface area contributed by atoms with E-state index in [1.807, 2.05) is 0 Å². The molecule has 0 radical (unpaired) electrons. The molecule has 3 N–H and O–H groups in total. The van der Waals surface area contributed by atoms with Crippen molar-refractivity contribution < 1.29 is 0 Å². The van der Waals surface area contributed by atoms with E-state index in [0.29, 0.717) is 34.3 Å². The maximum Gasteiger partial charge on any atom is 0.326 e. The van der Waals surface area contributed by atoms with Crippen molar-refractivity contribution in [2.45, 2.75) is 38.3 Å². The minimum atomic E-state index is -0.314. The minimum absolute atomic E-state index is 0.314. The zero-order chi connectivity index (χ0) is 17.4. The van der Waals surface area contributed by atoms with Crippen molar-refractivity contribution in [3.8, 4) is 0 Å². The van der Waals surface area contributed by atoms with Gasteiger partial charge in [0.1, 0.15) is 0 Å². The van der Waals surface area contributed by atoms with Crippen LogP contribution in [0.4, 0.5) is 5.82 Å². The number of fused-ring (bicyclic) bond motifs is 1. The van der Waals surface area contributed by atoms with E-state index < -0.39 is 0 Å². The molecule has 4 rings (SSSR count). The summed E-state index contributed by atoms with van der Waals surface area (Å²) in [5, 5.41) is 3.78. The van der Waals surface area contributed by atoms with Gasteiger partial charge in [-0.2, -0.15) is 0 Å². The summed E-state index contributed by atoms with van der Waals surface area (Å²) in [6.45, 7) is 7.21. The quantitative estimate of drug-likeness (QED) is 0.750. The van der Waals surface area contributed by atoms with Crippen molar-refractivity contribution >= 4 is 28.7 Å². The first-order valence-corrected chi connectivity index (χ1v) is 9.40. The smallest absolute Gasteiger partial charge is 0.326 e. The molecule has 136 valence electrons. The van der Waals surface area contributed by atoms with E-state index in [9.17, 15) is 4.79 Å². The minimum Gasteiger partial charge on any atom is -0.351 e. The molecule has 4 heterocycles. The molecule has 0 spiro atoms. The number of anilines is 1. The third kappa shape index (κ3) is 3.26. The van der Waals surface area contributed by atoms with Crippen LogP contribution in [0.2, 0.25) is 5.15 Å². The van der Waals surface area contributed by atoms with Crippen molar-refractivity contribution in [1.29, 1.82) is 0 Å². The van der Waals surface area contributed by atoms with Crippen LogP contribution in [0.5, 0.6) is 0 Å². The average Bonchev–Trinajstić information content (AvgIpc) is 3.00. The third-order valence-electron chi connectivity index (χ3n) is 5.38. The van der Waals surface area contributed by atoms with Gasteiger partial charge in [0.05, 0.1) is 0 Å². The molecule has 2 saturated heterocycles. The highest BCUT2D eigenvalue weighted by molar-refractivity contribution is 6.32. The van der Waals surface area contributed by atoms with E-state index >= 15 is 0 Å². The first-order chi connectivity index (χ1) is 12.2. The van der Waals surface area contributed by atoms with Crippen molar-refractivity contribution in [3.63, 3.8) is 0 Å². The molecule has 0 aromatic carbocycles. The van der Waals surface area contributed by atoms with Crippen molar-refractivity contribution in [2.24, 2.45) is 0 Å². The molecule has 0 saturated carbocycles. The molecule has 0 unspecified atom stereocenters. The lowest BCUT2D eigenvalue weighted by Crippen LogP contribution is -2.58. The van der Waals surface area contributed by atoms with Crippen LogP contribution < -0.4 is 15.9 Å². The van der Waals surface area contributed by atoms with Gasteiger partial charge in [0, 0.05) is 31.7 Å². The average molecular weight is 366 g/mol. The number of nitrogens with one attached hydrogen (secondary N) is 3. The van der Waals surface area contributed by atoms with Gasteiger partial charge in [0.25, 0.3) is 0 Å². The number of piperidine rings is 1. The Hall–Kier alpha value is -1.64. The maximum atomic E-state index is 11.4. The number of hydrogen-bond donors (Lipinski definition) is 3. The molecule has 2 aliphatic rings. The molecule has 1 atom stereocenters. The Balaban J connectivity index is 1.56. The summed E-state index contributed by atoms with van der Waals surface area (Å²) in [5.74, 6) is 0.660. The molecule has 0 aliphatic carbocycles. The lowest BCUT2D eigenvalue weighted by Gasteiger charge is -2.46. The monoisotopic (exact) mass is 365 g/mol. The lowest BCUT2D eigenvalue weighted by molar-refractivity contribution is 0.0936. The molecule has 25 heavy (non-hydrogen) atoms. The predicted octanol–water partition coefficient (Wildman–Crippen LogP) is 0.952. The van der Waals surface area contributed by atoms with Gasteiger partial charge >= 0.3 is 5.69 Å². The summed E-state index contributed by atoms with van der Waals surface area (Å²) < 4.78 is 0. The number of aromatic amines is 2. The first-order valence-electron chi connectivity index (χ1n) is 9.02. The van der Waals surface area contributed by atoms with Gasteiger partial charge in [-0.1, -0.05) is 18.5 Å². The third-order valence-corrected chi connectivity index (χ3v) is 5.63. The lowest BCUT2D eigenvalue weighted by atomic mass is 9.99. The fraction of sp³-hybridized carbons (Fsp3) is 0.688. The number of halogens is 1. The summed E-state index contributed by atoms with van der Waals surface area (Å²) in [5.41, 5.74) is 0.544. The Kier molecular flexibility index (Phi) is 4.66. The number of hydrogen-bond acceptors (Lipinski definition) is 6. The van der Waals surface area contributed by atoms with Crippen LogP contribution in [-0.4, -0.2) is 69.6 Å². The summed E-state index contributed by atoms with van der Waals surface area (Å²) in [7, 11) is 0.